The second-order valence-electron chi connectivity index (χ2n) is 13.4. The molecule has 3 heterocycles. The molecule has 0 N–H and O–H groups in total. The predicted octanol–water partition coefficient (Wildman–Crippen LogP) is 10.7. The largest absolute Gasteiger partial charge is 0.309 e. The molecule has 0 spiro atoms. The van der Waals surface area contributed by atoms with Gasteiger partial charge in [-0.2, -0.15) is 0 Å². The van der Waals surface area contributed by atoms with Crippen LogP contribution in [0.15, 0.2) is 146 Å². The third-order valence-electron chi connectivity index (χ3n) is 9.22. The SMILES string of the molecule is CC(C)(C)c1nc(-c2ccccc2)nc(-c2ccccc2-n2c3ccccc3c3cc(-n4c5ccccc5c5ccccc54)ccc32)n1. The molecule has 5 heteroatoms. The van der Waals surface area contributed by atoms with E-state index in [1.54, 1.807) is 0 Å². The van der Waals surface area contributed by atoms with Crippen molar-refractivity contribution >= 4 is 43.6 Å². The number of aromatic nitrogens is 5. The van der Waals surface area contributed by atoms with Gasteiger partial charge in [0.05, 0.1) is 27.8 Å². The van der Waals surface area contributed by atoms with Gasteiger partial charge < -0.3 is 9.13 Å². The predicted molar refractivity (Wildman–Crippen MR) is 198 cm³/mol. The Bertz CT molecular complexity index is 2600. The molecule has 5 nitrogen and oxygen atoms in total. The van der Waals surface area contributed by atoms with Crippen molar-refractivity contribution in [1.29, 1.82) is 0 Å². The zero-order valence-electron chi connectivity index (χ0n) is 27.1. The molecule has 48 heavy (non-hydrogen) atoms. The van der Waals surface area contributed by atoms with Crippen LogP contribution in [0.3, 0.4) is 0 Å². The van der Waals surface area contributed by atoms with E-state index in [4.69, 9.17) is 15.0 Å². The minimum Gasteiger partial charge on any atom is -0.309 e. The van der Waals surface area contributed by atoms with Crippen LogP contribution < -0.4 is 0 Å². The average Bonchev–Trinajstić information content (AvgIpc) is 3.64. The number of rotatable bonds is 4. The Labute approximate surface area is 278 Å². The van der Waals surface area contributed by atoms with Gasteiger partial charge in [0.25, 0.3) is 0 Å². The molecular formula is C43H33N5. The maximum Gasteiger partial charge on any atom is 0.165 e. The smallest absolute Gasteiger partial charge is 0.165 e. The van der Waals surface area contributed by atoms with Gasteiger partial charge in [-0.1, -0.05) is 118 Å². The molecule has 9 aromatic rings. The van der Waals surface area contributed by atoms with E-state index < -0.39 is 0 Å². The highest BCUT2D eigenvalue weighted by atomic mass is 15.1. The van der Waals surface area contributed by atoms with Gasteiger partial charge in [0.2, 0.25) is 0 Å². The van der Waals surface area contributed by atoms with Crippen molar-refractivity contribution in [2.75, 3.05) is 0 Å². The molecule has 0 radical (unpaired) electrons. The van der Waals surface area contributed by atoms with E-state index in [9.17, 15) is 0 Å². The molecule has 0 bridgehead atoms. The second kappa shape index (κ2) is 10.7. The van der Waals surface area contributed by atoms with E-state index in [2.05, 4.69) is 157 Å². The lowest BCUT2D eigenvalue weighted by atomic mass is 9.95. The molecule has 0 unspecified atom stereocenters. The summed E-state index contributed by atoms with van der Waals surface area (Å²) in [5.41, 5.74) is 8.49. The Morgan fingerprint density at radius 3 is 1.62 bits per heavy atom. The van der Waals surface area contributed by atoms with Crippen molar-refractivity contribution in [2.45, 2.75) is 26.2 Å². The minimum absolute atomic E-state index is 0.258. The number of hydrogen-bond acceptors (Lipinski definition) is 3. The molecule has 0 saturated heterocycles. The lowest BCUT2D eigenvalue weighted by Crippen LogP contribution is -2.18. The molecule has 0 atom stereocenters. The zero-order chi connectivity index (χ0) is 32.4. The first-order valence-electron chi connectivity index (χ1n) is 16.4. The number of para-hydroxylation sites is 4. The van der Waals surface area contributed by atoms with Crippen LogP contribution in [0.25, 0.3) is 77.8 Å². The molecule has 6 aromatic carbocycles. The summed E-state index contributed by atoms with van der Waals surface area (Å²) in [6.07, 6.45) is 0. The van der Waals surface area contributed by atoms with Gasteiger partial charge in [-0.15, -0.1) is 0 Å². The topological polar surface area (TPSA) is 48.5 Å². The van der Waals surface area contributed by atoms with E-state index in [1.807, 2.05) is 18.2 Å². The summed E-state index contributed by atoms with van der Waals surface area (Å²) in [7, 11) is 0. The molecule has 230 valence electrons. The summed E-state index contributed by atoms with van der Waals surface area (Å²) in [5, 5.41) is 4.90. The average molecular weight is 620 g/mol. The number of hydrogen-bond donors (Lipinski definition) is 0. The van der Waals surface area contributed by atoms with Gasteiger partial charge in [0, 0.05) is 43.8 Å². The molecule has 0 amide bonds. The number of fused-ring (bicyclic) bond motifs is 6. The van der Waals surface area contributed by atoms with Crippen LogP contribution >= 0.6 is 0 Å². The highest BCUT2D eigenvalue weighted by Gasteiger charge is 2.23. The highest BCUT2D eigenvalue weighted by molar-refractivity contribution is 6.12. The van der Waals surface area contributed by atoms with Crippen LogP contribution in [0.5, 0.6) is 0 Å². The van der Waals surface area contributed by atoms with Crippen molar-refractivity contribution in [3.63, 3.8) is 0 Å². The Kier molecular flexibility index (Phi) is 6.31. The molecule has 3 aromatic heterocycles. The van der Waals surface area contributed by atoms with E-state index in [0.29, 0.717) is 11.6 Å². The molecule has 0 saturated carbocycles. The Morgan fingerprint density at radius 2 is 0.958 bits per heavy atom. The van der Waals surface area contributed by atoms with Gasteiger partial charge in [-0.3, -0.25) is 0 Å². The highest BCUT2D eigenvalue weighted by Crippen LogP contribution is 2.39. The van der Waals surface area contributed by atoms with Gasteiger partial charge >= 0.3 is 0 Å². The van der Waals surface area contributed by atoms with Crippen molar-refractivity contribution in [2.24, 2.45) is 0 Å². The minimum atomic E-state index is -0.258. The first-order valence-corrected chi connectivity index (χ1v) is 16.4. The van der Waals surface area contributed by atoms with Crippen molar-refractivity contribution < 1.29 is 0 Å². The fourth-order valence-corrected chi connectivity index (χ4v) is 6.97. The first kappa shape index (κ1) is 28.2. The summed E-state index contributed by atoms with van der Waals surface area (Å²) >= 11 is 0. The first-order chi connectivity index (χ1) is 23.5. The fraction of sp³-hybridized carbons (Fsp3) is 0.0930. The lowest BCUT2D eigenvalue weighted by Gasteiger charge is -2.19. The summed E-state index contributed by atoms with van der Waals surface area (Å²) < 4.78 is 4.74. The molecule has 9 rings (SSSR count). The van der Waals surface area contributed by atoms with Crippen LogP contribution in [0, 0.1) is 0 Å². The number of nitrogens with zero attached hydrogens (tertiary/aromatic N) is 5. The lowest BCUT2D eigenvalue weighted by molar-refractivity contribution is 0.543. The monoisotopic (exact) mass is 619 g/mol. The Hall–Kier alpha value is -6.07. The molecule has 0 fully saturated rings. The van der Waals surface area contributed by atoms with Gasteiger partial charge in [0.1, 0.15) is 5.82 Å². The van der Waals surface area contributed by atoms with Crippen molar-refractivity contribution in [3.05, 3.63) is 151 Å². The number of benzene rings is 6. The zero-order valence-corrected chi connectivity index (χ0v) is 27.1. The maximum atomic E-state index is 5.10. The van der Waals surface area contributed by atoms with Crippen molar-refractivity contribution in [1.82, 2.24) is 24.1 Å². The quantitative estimate of drug-likeness (QED) is 0.197. The molecule has 0 aliphatic carbocycles. The van der Waals surface area contributed by atoms with E-state index >= 15 is 0 Å². The summed E-state index contributed by atoms with van der Waals surface area (Å²) in [5.74, 6) is 2.11. The second-order valence-corrected chi connectivity index (χ2v) is 13.4. The van der Waals surface area contributed by atoms with E-state index in [-0.39, 0.29) is 5.41 Å². The van der Waals surface area contributed by atoms with Crippen molar-refractivity contribution in [3.8, 4) is 34.2 Å². The summed E-state index contributed by atoms with van der Waals surface area (Å²) in [4.78, 5) is 15.1. The summed E-state index contributed by atoms with van der Waals surface area (Å²) in [6.45, 7) is 6.44. The van der Waals surface area contributed by atoms with Crippen LogP contribution in [-0.4, -0.2) is 24.1 Å². The van der Waals surface area contributed by atoms with Crippen LogP contribution in [0.2, 0.25) is 0 Å². The molecule has 0 aliphatic heterocycles. The van der Waals surface area contributed by atoms with Gasteiger partial charge in [0.15, 0.2) is 11.6 Å². The molecule has 0 aliphatic rings. The van der Waals surface area contributed by atoms with E-state index in [0.717, 1.165) is 39.4 Å². The standard InChI is InChI=1S/C43H33N5/c1-43(2,3)42-45-40(28-15-5-4-6-16-28)44-41(46-42)33-20-10-14-24-38(33)48-37-23-13-9-19-32(37)34-27-29(25-26-39(34)48)47-35-21-11-7-17-30(35)31-18-8-12-22-36(31)47/h4-27H,1-3H3. The third kappa shape index (κ3) is 4.43. The maximum absolute atomic E-state index is 5.10. The van der Waals surface area contributed by atoms with Gasteiger partial charge in [-0.25, -0.2) is 15.0 Å². The third-order valence-corrected chi connectivity index (χ3v) is 9.22. The van der Waals surface area contributed by atoms with Crippen LogP contribution in [-0.2, 0) is 5.41 Å². The van der Waals surface area contributed by atoms with Crippen LogP contribution in [0.1, 0.15) is 26.6 Å². The Morgan fingerprint density at radius 1 is 0.438 bits per heavy atom. The normalized spacial score (nSPS) is 12.1. The summed E-state index contributed by atoms with van der Waals surface area (Å²) in [6, 6.07) is 51.5. The van der Waals surface area contributed by atoms with Crippen LogP contribution in [0.4, 0.5) is 0 Å². The van der Waals surface area contributed by atoms with E-state index in [1.165, 1.54) is 32.6 Å². The Balaban J connectivity index is 1.29. The molecular weight excluding hydrogens is 587 g/mol. The van der Waals surface area contributed by atoms with Gasteiger partial charge in [-0.05, 0) is 48.5 Å². The fourth-order valence-electron chi connectivity index (χ4n) is 6.97.